The molecule has 0 radical (unpaired) electrons. The van der Waals surface area contributed by atoms with Gasteiger partial charge in [0.2, 0.25) is 0 Å². The van der Waals surface area contributed by atoms with Crippen LogP contribution in [0.1, 0.15) is 36.7 Å². The molecule has 1 aliphatic rings. The molecule has 0 spiro atoms. The molecule has 0 amide bonds. The topological polar surface area (TPSA) is 32.3 Å². The van der Waals surface area contributed by atoms with E-state index in [4.69, 9.17) is 0 Å². The van der Waals surface area contributed by atoms with E-state index in [9.17, 15) is 4.39 Å². The lowest BCUT2D eigenvalue weighted by Crippen LogP contribution is -2.45. The number of hydrogen-bond acceptors (Lipinski definition) is 4. The molecule has 1 fully saturated rings. The van der Waals surface area contributed by atoms with Crippen LogP contribution >= 0.6 is 0 Å². The van der Waals surface area contributed by atoms with Gasteiger partial charge in [-0.3, -0.25) is 9.80 Å². The van der Waals surface area contributed by atoms with Gasteiger partial charge in [0.15, 0.2) is 0 Å². The molecule has 0 saturated carbocycles. The molecule has 0 aliphatic carbocycles. The number of nitrogens with zero attached hydrogens (tertiary/aromatic N) is 4. The highest BCUT2D eigenvalue weighted by atomic mass is 19.1. The monoisotopic (exact) mass is 342 g/mol. The maximum Gasteiger partial charge on any atom is 0.127 e. The van der Waals surface area contributed by atoms with E-state index < -0.39 is 0 Å². The predicted molar refractivity (Wildman–Crippen MR) is 97.6 cm³/mol. The van der Waals surface area contributed by atoms with E-state index in [2.05, 4.69) is 33.7 Å². The van der Waals surface area contributed by atoms with Crippen molar-refractivity contribution in [3.63, 3.8) is 0 Å². The van der Waals surface area contributed by atoms with Gasteiger partial charge < -0.3 is 0 Å². The highest BCUT2D eigenvalue weighted by Gasteiger charge is 2.24. The minimum absolute atomic E-state index is 0.105. The zero-order chi connectivity index (χ0) is 17.6. The highest BCUT2D eigenvalue weighted by molar-refractivity contribution is 5.17. The molecule has 3 rings (SSSR count). The summed E-state index contributed by atoms with van der Waals surface area (Å²) in [7, 11) is 2.16. The third-order valence-corrected chi connectivity index (χ3v) is 4.96. The van der Waals surface area contributed by atoms with Crippen LogP contribution in [0.3, 0.4) is 0 Å². The Balaban J connectivity index is 1.57. The van der Waals surface area contributed by atoms with Crippen molar-refractivity contribution in [2.45, 2.75) is 45.3 Å². The molecule has 1 atom stereocenters. The van der Waals surface area contributed by atoms with E-state index in [1.54, 1.807) is 12.1 Å². The second-order valence-electron chi connectivity index (χ2n) is 6.90. The molecular weight excluding hydrogens is 315 g/mol. The van der Waals surface area contributed by atoms with Gasteiger partial charge in [0.1, 0.15) is 11.6 Å². The summed E-state index contributed by atoms with van der Waals surface area (Å²) in [6.07, 6.45) is 7.06. The second kappa shape index (κ2) is 8.50. The summed E-state index contributed by atoms with van der Waals surface area (Å²) in [4.78, 5) is 13.5. The first-order valence-corrected chi connectivity index (χ1v) is 9.11. The Morgan fingerprint density at radius 2 is 2.00 bits per heavy atom. The number of aryl methyl sites for hydroxylation is 1. The quantitative estimate of drug-likeness (QED) is 0.806. The Labute approximate surface area is 149 Å². The lowest BCUT2D eigenvalue weighted by Gasteiger charge is -2.37. The number of aromatic nitrogens is 2. The molecular formula is C20H27FN4. The smallest absolute Gasteiger partial charge is 0.127 e. The summed E-state index contributed by atoms with van der Waals surface area (Å²) in [5.74, 6) is 0.784. The number of hydrogen-bond donors (Lipinski definition) is 0. The van der Waals surface area contributed by atoms with E-state index >= 15 is 0 Å². The summed E-state index contributed by atoms with van der Waals surface area (Å²) >= 11 is 0. The van der Waals surface area contributed by atoms with E-state index in [1.165, 1.54) is 6.42 Å². The van der Waals surface area contributed by atoms with Crippen molar-refractivity contribution in [1.82, 2.24) is 19.8 Å². The van der Waals surface area contributed by atoms with Gasteiger partial charge in [-0.05, 0) is 32.5 Å². The Morgan fingerprint density at radius 1 is 1.24 bits per heavy atom. The van der Waals surface area contributed by atoms with Gasteiger partial charge in [0.25, 0.3) is 0 Å². The highest BCUT2D eigenvalue weighted by Crippen LogP contribution is 2.19. The number of piperidine rings is 1. The molecule has 134 valence electrons. The average Bonchev–Trinajstić information content (AvgIpc) is 2.64. The van der Waals surface area contributed by atoms with E-state index in [0.717, 1.165) is 49.4 Å². The zero-order valence-corrected chi connectivity index (χ0v) is 15.2. The lowest BCUT2D eigenvalue weighted by molar-refractivity contribution is 0.106. The summed E-state index contributed by atoms with van der Waals surface area (Å²) in [5, 5.41) is 0. The first-order valence-electron chi connectivity index (χ1n) is 9.11. The molecule has 1 aromatic heterocycles. The van der Waals surface area contributed by atoms with E-state index in [-0.39, 0.29) is 5.82 Å². The third-order valence-electron chi connectivity index (χ3n) is 4.96. The number of benzene rings is 1. The van der Waals surface area contributed by atoms with Gasteiger partial charge in [-0.25, -0.2) is 14.4 Å². The summed E-state index contributed by atoms with van der Waals surface area (Å²) in [5.41, 5.74) is 1.93. The van der Waals surface area contributed by atoms with Crippen molar-refractivity contribution < 1.29 is 4.39 Å². The maximum absolute atomic E-state index is 13.9. The first-order chi connectivity index (χ1) is 12.2. The number of rotatable bonds is 6. The minimum Gasteiger partial charge on any atom is -0.298 e. The molecule has 2 aromatic rings. The van der Waals surface area contributed by atoms with Crippen LogP contribution in [0.15, 0.2) is 36.7 Å². The molecule has 4 nitrogen and oxygen atoms in total. The number of likely N-dealkylation sites (tertiary alicyclic amines) is 1. The van der Waals surface area contributed by atoms with E-state index in [0.29, 0.717) is 12.6 Å². The molecule has 2 heterocycles. The number of halogens is 1. The van der Waals surface area contributed by atoms with Crippen LogP contribution in [0, 0.1) is 5.82 Å². The van der Waals surface area contributed by atoms with Crippen LogP contribution in [0.2, 0.25) is 0 Å². The lowest BCUT2D eigenvalue weighted by atomic mass is 10.0. The molecule has 1 aromatic carbocycles. The van der Waals surface area contributed by atoms with Crippen LogP contribution in [0.25, 0.3) is 0 Å². The normalized spacial score (nSPS) is 18.6. The summed E-state index contributed by atoms with van der Waals surface area (Å²) < 4.78 is 13.9. The largest absolute Gasteiger partial charge is 0.298 e. The molecule has 0 unspecified atom stereocenters. The Hall–Kier alpha value is -1.85. The predicted octanol–water partition coefficient (Wildman–Crippen LogP) is 3.27. The summed E-state index contributed by atoms with van der Waals surface area (Å²) in [6.45, 7) is 5.60. The molecule has 0 bridgehead atoms. The Morgan fingerprint density at radius 3 is 2.72 bits per heavy atom. The fourth-order valence-electron chi connectivity index (χ4n) is 3.46. The van der Waals surface area contributed by atoms with Crippen molar-refractivity contribution >= 4 is 0 Å². The minimum atomic E-state index is -0.105. The van der Waals surface area contributed by atoms with Crippen molar-refractivity contribution in [1.29, 1.82) is 0 Å². The Bertz CT molecular complexity index is 674. The van der Waals surface area contributed by atoms with Crippen LogP contribution in [0.5, 0.6) is 0 Å². The first kappa shape index (κ1) is 18.0. The molecule has 1 saturated heterocycles. The second-order valence-corrected chi connectivity index (χ2v) is 6.90. The molecule has 25 heavy (non-hydrogen) atoms. The van der Waals surface area contributed by atoms with Gasteiger partial charge >= 0.3 is 0 Å². The van der Waals surface area contributed by atoms with Crippen molar-refractivity contribution in [2.75, 3.05) is 20.1 Å². The molecule has 5 heteroatoms. The van der Waals surface area contributed by atoms with Crippen molar-refractivity contribution in [2.24, 2.45) is 0 Å². The van der Waals surface area contributed by atoms with Crippen molar-refractivity contribution in [3.05, 3.63) is 59.4 Å². The maximum atomic E-state index is 13.9. The third kappa shape index (κ3) is 4.83. The van der Waals surface area contributed by atoms with Crippen molar-refractivity contribution in [3.8, 4) is 0 Å². The fraction of sp³-hybridized carbons (Fsp3) is 0.500. The van der Waals surface area contributed by atoms with Gasteiger partial charge in [-0.1, -0.05) is 25.1 Å². The standard InChI is InChI=1S/C20H27FN4/c1-3-20-22-11-16(12-23-20)13-24(2)18-8-6-10-25(15-18)14-17-7-4-5-9-19(17)21/h4-5,7,9,11-12,18H,3,6,8,10,13-15H2,1-2H3/t18-/m0/s1. The molecule has 1 aliphatic heterocycles. The molecule has 0 N–H and O–H groups in total. The van der Waals surface area contributed by atoms with E-state index in [1.807, 2.05) is 24.5 Å². The zero-order valence-electron chi connectivity index (χ0n) is 15.2. The van der Waals surface area contributed by atoms with Gasteiger partial charge in [0, 0.05) is 55.6 Å². The van der Waals surface area contributed by atoms with Crippen LogP contribution < -0.4 is 0 Å². The van der Waals surface area contributed by atoms with Crippen LogP contribution in [-0.2, 0) is 19.5 Å². The van der Waals surface area contributed by atoms with Gasteiger partial charge in [0.05, 0.1) is 0 Å². The van der Waals surface area contributed by atoms with Gasteiger partial charge in [-0.2, -0.15) is 0 Å². The van der Waals surface area contributed by atoms with Crippen LogP contribution in [0.4, 0.5) is 4.39 Å². The Kier molecular flexibility index (Phi) is 6.10. The fourth-order valence-corrected chi connectivity index (χ4v) is 3.46. The summed E-state index contributed by atoms with van der Waals surface area (Å²) in [6, 6.07) is 7.56. The SMILES string of the molecule is CCc1ncc(CN(C)[C@H]2CCCN(Cc3ccccc3F)C2)cn1. The average molecular weight is 342 g/mol. The van der Waals surface area contributed by atoms with Gasteiger partial charge in [-0.15, -0.1) is 0 Å². The number of likely N-dealkylation sites (N-methyl/N-ethyl adjacent to an activating group) is 1. The van der Waals surface area contributed by atoms with Crippen LogP contribution in [-0.4, -0.2) is 45.9 Å².